The number of hydrogen-bond acceptors (Lipinski definition) is 1. The molecule has 0 saturated heterocycles. The van der Waals surface area contributed by atoms with Crippen LogP contribution in [-0.4, -0.2) is 4.57 Å². The van der Waals surface area contributed by atoms with Crippen LogP contribution in [0.15, 0.2) is 48.7 Å². The first kappa shape index (κ1) is 11.9. The maximum Gasteiger partial charge on any atom is 0.0473 e. The van der Waals surface area contributed by atoms with Gasteiger partial charge in [0.25, 0.3) is 0 Å². The molecule has 0 bridgehead atoms. The Kier molecular flexibility index (Phi) is 3.64. The predicted octanol–water partition coefficient (Wildman–Crippen LogP) is 3.19. The molecule has 0 aliphatic heterocycles. The van der Waals surface area contributed by atoms with Crippen LogP contribution in [0.25, 0.3) is 0 Å². The number of hydrogen-bond donors (Lipinski definition) is 1. The Bertz CT molecular complexity index is 457. The smallest absolute Gasteiger partial charge is 0.0473 e. The lowest BCUT2D eigenvalue weighted by Crippen LogP contribution is -2.20. The predicted molar refractivity (Wildman–Crippen MR) is 71.7 cm³/mol. The van der Waals surface area contributed by atoms with E-state index in [0.717, 1.165) is 6.54 Å². The lowest BCUT2D eigenvalue weighted by atomic mass is 10.0. The lowest BCUT2D eigenvalue weighted by molar-refractivity contribution is 0.484. The Hall–Kier alpha value is -1.54. The van der Waals surface area contributed by atoms with E-state index in [1.54, 1.807) is 0 Å². The normalized spacial score (nSPS) is 12.9. The first-order chi connectivity index (χ1) is 8.18. The van der Waals surface area contributed by atoms with Crippen molar-refractivity contribution in [3.8, 4) is 0 Å². The number of nitrogens with zero attached hydrogens (tertiary/aromatic N) is 1. The number of benzene rings is 1. The quantitative estimate of drug-likeness (QED) is 0.856. The molecule has 0 spiro atoms. The second-order valence-corrected chi connectivity index (χ2v) is 4.82. The summed E-state index contributed by atoms with van der Waals surface area (Å²) in [5.74, 6) is 0.458. The molecule has 0 amide bonds. The Balaban J connectivity index is 2.20. The third kappa shape index (κ3) is 2.77. The third-order valence-corrected chi connectivity index (χ3v) is 3.12. The lowest BCUT2D eigenvalue weighted by Gasteiger charge is -2.18. The largest absolute Gasteiger partial charge is 0.346 e. The molecule has 1 aromatic heterocycles. The van der Waals surface area contributed by atoms with Crippen molar-refractivity contribution in [3.05, 3.63) is 59.9 Å². The van der Waals surface area contributed by atoms with Crippen LogP contribution >= 0.6 is 0 Å². The van der Waals surface area contributed by atoms with E-state index in [1.165, 1.54) is 11.3 Å². The van der Waals surface area contributed by atoms with Gasteiger partial charge in [0.05, 0.1) is 0 Å². The molecule has 2 aromatic rings. The van der Waals surface area contributed by atoms with E-state index in [1.807, 2.05) is 6.07 Å². The van der Waals surface area contributed by atoms with Gasteiger partial charge in [-0.05, 0) is 23.6 Å². The first-order valence-electron chi connectivity index (χ1n) is 6.13. The van der Waals surface area contributed by atoms with Crippen LogP contribution in [0.2, 0.25) is 0 Å². The van der Waals surface area contributed by atoms with E-state index in [4.69, 9.17) is 5.73 Å². The minimum Gasteiger partial charge on any atom is -0.346 e. The van der Waals surface area contributed by atoms with Crippen molar-refractivity contribution in [2.75, 3.05) is 0 Å². The maximum absolute atomic E-state index is 6.22. The van der Waals surface area contributed by atoms with Gasteiger partial charge >= 0.3 is 0 Å². The minimum absolute atomic E-state index is 0.105. The molecule has 2 nitrogen and oxygen atoms in total. The molecule has 1 heterocycles. The van der Waals surface area contributed by atoms with E-state index in [0.29, 0.717) is 5.92 Å². The fourth-order valence-electron chi connectivity index (χ4n) is 2.00. The molecule has 17 heavy (non-hydrogen) atoms. The van der Waals surface area contributed by atoms with Gasteiger partial charge in [0.2, 0.25) is 0 Å². The Labute approximate surface area is 103 Å². The Morgan fingerprint density at radius 3 is 2.41 bits per heavy atom. The average Bonchev–Trinajstić information content (AvgIpc) is 2.77. The highest BCUT2D eigenvalue weighted by molar-refractivity contribution is 5.19. The standard InChI is InChI=1S/C15H20N2/c1-12(2)15(16)14-9-6-10-17(14)11-13-7-4-3-5-8-13/h3-10,12,15H,11,16H2,1-2H3. The van der Waals surface area contributed by atoms with Gasteiger partial charge in [-0.25, -0.2) is 0 Å². The second-order valence-electron chi connectivity index (χ2n) is 4.82. The number of aromatic nitrogens is 1. The number of rotatable bonds is 4. The summed E-state index contributed by atoms with van der Waals surface area (Å²) >= 11 is 0. The van der Waals surface area contributed by atoms with Gasteiger partial charge in [-0.3, -0.25) is 0 Å². The van der Waals surface area contributed by atoms with Crippen molar-refractivity contribution < 1.29 is 0 Å². The molecule has 0 fully saturated rings. The van der Waals surface area contributed by atoms with Gasteiger partial charge in [-0.1, -0.05) is 44.2 Å². The highest BCUT2D eigenvalue weighted by Gasteiger charge is 2.14. The summed E-state index contributed by atoms with van der Waals surface area (Å²) in [7, 11) is 0. The van der Waals surface area contributed by atoms with Gasteiger partial charge in [0, 0.05) is 24.5 Å². The maximum atomic E-state index is 6.22. The van der Waals surface area contributed by atoms with E-state index < -0.39 is 0 Å². The van der Waals surface area contributed by atoms with Crippen LogP contribution in [0.3, 0.4) is 0 Å². The molecule has 0 aliphatic rings. The molecule has 2 heteroatoms. The summed E-state index contributed by atoms with van der Waals surface area (Å²) in [4.78, 5) is 0. The molecule has 2 N–H and O–H groups in total. The van der Waals surface area contributed by atoms with Gasteiger partial charge in [-0.15, -0.1) is 0 Å². The van der Waals surface area contributed by atoms with E-state index in [9.17, 15) is 0 Å². The van der Waals surface area contributed by atoms with Crippen molar-refractivity contribution >= 4 is 0 Å². The molecule has 1 atom stereocenters. The third-order valence-electron chi connectivity index (χ3n) is 3.12. The molecule has 2 rings (SSSR count). The summed E-state index contributed by atoms with van der Waals surface area (Å²) in [6.45, 7) is 5.21. The molecular formula is C15H20N2. The topological polar surface area (TPSA) is 30.9 Å². The zero-order chi connectivity index (χ0) is 12.3. The SMILES string of the molecule is CC(C)C(N)c1cccn1Cc1ccccc1. The Morgan fingerprint density at radius 1 is 1.06 bits per heavy atom. The van der Waals surface area contributed by atoms with Crippen LogP contribution in [0.5, 0.6) is 0 Å². The van der Waals surface area contributed by atoms with Crippen molar-refractivity contribution in [1.29, 1.82) is 0 Å². The minimum atomic E-state index is 0.105. The van der Waals surface area contributed by atoms with E-state index in [-0.39, 0.29) is 6.04 Å². The van der Waals surface area contributed by atoms with Crippen molar-refractivity contribution in [1.82, 2.24) is 4.57 Å². The number of nitrogens with two attached hydrogens (primary N) is 1. The molecule has 0 saturated carbocycles. The highest BCUT2D eigenvalue weighted by Crippen LogP contribution is 2.20. The summed E-state index contributed by atoms with van der Waals surface area (Å²) in [5.41, 5.74) is 8.73. The van der Waals surface area contributed by atoms with Gasteiger partial charge < -0.3 is 10.3 Å². The van der Waals surface area contributed by atoms with Crippen LogP contribution in [-0.2, 0) is 6.54 Å². The molecule has 0 aliphatic carbocycles. The summed E-state index contributed by atoms with van der Waals surface area (Å²) in [5, 5.41) is 0. The molecule has 90 valence electrons. The first-order valence-corrected chi connectivity index (χ1v) is 6.13. The van der Waals surface area contributed by atoms with E-state index in [2.05, 4.69) is 61.0 Å². The molecule has 1 unspecified atom stereocenters. The zero-order valence-corrected chi connectivity index (χ0v) is 10.5. The molecule has 0 radical (unpaired) electrons. The van der Waals surface area contributed by atoms with Gasteiger partial charge in [0.15, 0.2) is 0 Å². The van der Waals surface area contributed by atoms with Crippen molar-refractivity contribution in [2.45, 2.75) is 26.4 Å². The second kappa shape index (κ2) is 5.19. The molecular weight excluding hydrogens is 208 g/mol. The fraction of sp³-hybridized carbons (Fsp3) is 0.333. The van der Waals surface area contributed by atoms with Crippen molar-refractivity contribution in [3.63, 3.8) is 0 Å². The summed E-state index contributed by atoms with van der Waals surface area (Å²) < 4.78 is 2.24. The van der Waals surface area contributed by atoms with Crippen LogP contribution < -0.4 is 5.73 Å². The monoisotopic (exact) mass is 228 g/mol. The van der Waals surface area contributed by atoms with Crippen LogP contribution in [0, 0.1) is 5.92 Å². The van der Waals surface area contributed by atoms with E-state index >= 15 is 0 Å². The van der Waals surface area contributed by atoms with Gasteiger partial charge in [-0.2, -0.15) is 0 Å². The summed E-state index contributed by atoms with van der Waals surface area (Å²) in [6.07, 6.45) is 2.10. The average molecular weight is 228 g/mol. The highest BCUT2D eigenvalue weighted by atomic mass is 15.0. The Morgan fingerprint density at radius 2 is 1.76 bits per heavy atom. The fourth-order valence-corrected chi connectivity index (χ4v) is 2.00. The van der Waals surface area contributed by atoms with Gasteiger partial charge in [0.1, 0.15) is 0 Å². The zero-order valence-electron chi connectivity index (χ0n) is 10.5. The summed E-state index contributed by atoms with van der Waals surface area (Å²) in [6, 6.07) is 14.8. The molecule has 1 aromatic carbocycles. The van der Waals surface area contributed by atoms with Crippen LogP contribution in [0.4, 0.5) is 0 Å². The van der Waals surface area contributed by atoms with Crippen LogP contribution in [0.1, 0.15) is 31.1 Å². The van der Waals surface area contributed by atoms with Crippen molar-refractivity contribution in [2.24, 2.45) is 11.7 Å².